The first-order chi connectivity index (χ1) is 11.1. The lowest BCUT2D eigenvalue weighted by Crippen LogP contribution is -2.06. The van der Waals surface area contributed by atoms with Crippen LogP contribution in [0.15, 0.2) is 60.7 Å². The number of para-hydroxylation sites is 2. The van der Waals surface area contributed by atoms with Crippen molar-refractivity contribution in [2.45, 2.75) is 13.8 Å². The minimum absolute atomic E-state index is 0.405. The lowest BCUT2D eigenvalue weighted by atomic mass is 10.1. The van der Waals surface area contributed by atoms with Gasteiger partial charge in [0.05, 0.1) is 11.2 Å². The van der Waals surface area contributed by atoms with Crippen molar-refractivity contribution in [1.29, 1.82) is 0 Å². The number of aromatic nitrogens is 1. The number of nitrogens with zero attached hydrogens (tertiary/aromatic N) is 1. The summed E-state index contributed by atoms with van der Waals surface area (Å²) in [6, 6.07) is 17.5. The Morgan fingerprint density at radius 3 is 2.48 bits per heavy atom. The van der Waals surface area contributed by atoms with Crippen molar-refractivity contribution in [3.63, 3.8) is 0 Å². The van der Waals surface area contributed by atoms with Gasteiger partial charge in [-0.25, -0.2) is 9.78 Å². The summed E-state index contributed by atoms with van der Waals surface area (Å²) in [6.45, 7) is 3.84. The van der Waals surface area contributed by atoms with E-state index in [2.05, 4.69) is 4.98 Å². The molecule has 0 atom stereocenters. The highest BCUT2D eigenvalue weighted by Gasteiger charge is 2.07. The largest absolute Gasteiger partial charge is 0.423 e. The zero-order chi connectivity index (χ0) is 16.2. The number of carbonyl (C=O) groups is 1. The van der Waals surface area contributed by atoms with Crippen molar-refractivity contribution in [3.8, 4) is 5.75 Å². The molecule has 0 unspecified atom stereocenters. The molecular formula is C20H17NO2. The highest BCUT2D eigenvalue weighted by atomic mass is 16.5. The van der Waals surface area contributed by atoms with Crippen LogP contribution in [0.2, 0.25) is 0 Å². The summed E-state index contributed by atoms with van der Waals surface area (Å²) in [5, 5.41) is 1.07. The summed E-state index contributed by atoms with van der Waals surface area (Å²) in [4.78, 5) is 16.5. The zero-order valence-electron chi connectivity index (χ0n) is 13.1. The predicted molar refractivity (Wildman–Crippen MR) is 92.3 cm³/mol. The van der Waals surface area contributed by atoms with Crippen molar-refractivity contribution >= 4 is 22.9 Å². The first-order valence-electron chi connectivity index (χ1n) is 7.45. The van der Waals surface area contributed by atoms with Crippen LogP contribution in [0, 0.1) is 13.8 Å². The van der Waals surface area contributed by atoms with Crippen LogP contribution in [0.4, 0.5) is 0 Å². The Labute approximate surface area is 135 Å². The molecule has 0 radical (unpaired) electrons. The van der Waals surface area contributed by atoms with Gasteiger partial charge >= 0.3 is 5.97 Å². The maximum atomic E-state index is 12.0. The molecule has 114 valence electrons. The summed E-state index contributed by atoms with van der Waals surface area (Å²) in [6.07, 6.45) is 3.07. The van der Waals surface area contributed by atoms with Gasteiger partial charge in [0.1, 0.15) is 5.75 Å². The third kappa shape index (κ3) is 3.46. The standard InChI is InChI=1S/C20H17NO2/c1-14-6-5-7-15(2)20(14)23-19(22)13-12-17-11-10-16-8-3-4-9-18(16)21-17/h3-13H,1-2H3/b13-12+. The predicted octanol–water partition coefficient (Wildman–Crippen LogP) is 4.47. The van der Waals surface area contributed by atoms with Gasteiger partial charge in [0.15, 0.2) is 0 Å². The second kappa shape index (κ2) is 6.44. The summed E-state index contributed by atoms with van der Waals surface area (Å²) in [5.74, 6) is 0.214. The average molecular weight is 303 g/mol. The number of rotatable bonds is 3. The molecule has 0 spiro atoms. The van der Waals surface area contributed by atoms with Crippen molar-refractivity contribution in [2.75, 3.05) is 0 Å². The molecule has 0 aliphatic carbocycles. The molecule has 1 aromatic heterocycles. The SMILES string of the molecule is Cc1cccc(C)c1OC(=O)/C=C/c1ccc2ccccc2n1. The third-order valence-corrected chi connectivity index (χ3v) is 3.62. The number of aryl methyl sites for hydroxylation is 2. The van der Waals surface area contributed by atoms with E-state index in [0.29, 0.717) is 5.75 Å². The van der Waals surface area contributed by atoms with E-state index < -0.39 is 5.97 Å². The van der Waals surface area contributed by atoms with Crippen LogP contribution in [-0.4, -0.2) is 11.0 Å². The smallest absolute Gasteiger partial charge is 0.336 e. The van der Waals surface area contributed by atoms with E-state index in [1.165, 1.54) is 6.08 Å². The number of hydrogen-bond donors (Lipinski definition) is 0. The summed E-state index contributed by atoms with van der Waals surface area (Å²) in [7, 11) is 0. The zero-order valence-corrected chi connectivity index (χ0v) is 13.1. The number of ether oxygens (including phenoxy) is 1. The van der Waals surface area contributed by atoms with Crippen LogP contribution >= 0.6 is 0 Å². The number of carbonyl (C=O) groups excluding carboxylic acids is 1. The second-order valence-electron chi connectivity index (χ2n) is 5.40. The maximum absolute atomic E-state index is 12.0. The van der Waals surface area contributed by atoms with Gasteiger partial charge in [0.25, 0.3) is 0 Å². The Morgan fingerprint density at radius 1 is 0.957 bits per heavy atom. The van der Waals surface area contributed by atoms with Gasteiger partial charge in [0, 0.05) is 11.5 Å². The van der Waals surface area contributed by atoms with Gasteiger partial charge in [-0.1, -0.05) is 42.5 Å². The normalized spacial score (nSPS) is 11.0. The van der Waals surface area contributed by atoms with Crippen LogP contribution in [0.25, 0.3) is 17.0 Å². The molecule has 3 rings (SSSR count). The fraction of sp³-hybridized carbons (Fsp3) is 0.100. The minimum Gasteiger partial charge on any atom is -0.423 e. The molecule has 0 bridgehead atoms. The number of fused-ring (bicyclic) bond motifs is 1. The van der Waals surface area contributed by atoms with E-state index in [4.69, 9.17) is 4.74 Å². The van der Waals surface area contributed by atoms with Crippen LogP contribution in [0.3, 0.4) is 0 Å². The second-order valence-corrected chi connectivity index (χ2v) is 5.40. The van der Waals surface area contributed by atoms with E-state index >= 15 is 0 Å². The molecule has 3 heteroatoms. The molecule has 0 N–H and O–H groups in total. The molecule has 0 amide bonds. The molecule has 2 aromatic carbocycles. The van der Waals surface area contributed by atoms with E-state index in [-0.39, 0.29) is 0 Å². The fourth-order valence-electron chi connectivity index (χ4n) is 2.42. The third-order valence-electron chi connectivity index (χ3n) is 3.62. The minimum atomic E-state index is -0.405. The molecule has 0 fully saturated rings. The maximum Gasteiger partial charge on any atom is 0.336 e. The molecule has 0 saturated heterocycles. The summed E-state index contributed by atoms with van der Waals surface area (Å²) in [5.41, 5.74) is 3.51. The molecular weight excluding hydrogens is 286 g/mol. The number of benzene rings is 2. The summed E-state index contributed by atoms with van der Waals surface area (Å²) < 4.78 is 5.43. The molecule has 0 aliphatic rings. The Balaban J connectivity index is 1.77. The van der Waals surface area contributed by atoms with E-state index in [1.807, 2.05) is 68.4 Å². The molecule has 3 aromatic rings. The molecule has 23 heavy (non-hydrogen) atoms. The van der Waals surface area contributed by atoms with Gasteiger partial charge in [-0.05, 0) is 43.2 Å². The number of pyridine rings is 1. The highest BCUT2D eigenvalue weighted by molar-refractivity contribution is 5.89. The lowest BCUT2D eigenvalue weighted by molar-refractivity contribution is -0.129. The van der Waals surface area contributed by atoms with E-state index in [0.717, 1.165) is 27.7 Å². The Bertz CT molecular complexity index is 877. The van der Waals surface area contributed by atoms with Crippen LogP contribution in [-0.2, 0) is 4.79 Å². The molecule has 1 heterocycles. The summed E-state index contributed by atoms with van der Waals surface area (Å²) >= 11 is 0. The van der Waals surface area contributed by atoms with Crippen molar-refractivity contribution in [1.82, 2.24) is 4.98 Å². The van der Waals surface area contributed by atoms with Crippen LogP contribution in [0.1, 0.15) is 16.8 Å². The van der Waals surface area contributed by atoms with Crippen molar-refractivity contribution < 1.29 is 9.53 Å². The first-order valence-corrected chi connectivity index (χ1v) is 7.45. The Morgan fingerprint density at radius 2 is 1.70 bits per heavy atom. The van der Waals surface area contributed by atoms with Crippen LogP contribution < -0.4 is 4.74 Å². The number of esters is 1. The quantitative estimate of drug-likeness (QED) is 0.407. The monoisotopic (exact) mass is 303 g/mol. The van der Waals surface area contributed by atoms with Crippen LogP contribution in [0.5, 0.6) is 5.75 Å². The van der Waals surface area contributed by atoms with Crippen molar-refractivity contribution in [3.05, 3.63) is 77.5 Å². The fourth-order valence-corrected chi connectivity index (χ4v) is 2.42. The Kier molecular flexibility index (Phi) is 4.20. The van der Waals surface area contributed by atoms with Gasteiger partial charge in [-0.15, -0.1) is 0 Å². The number of hydrogen-bond acceptors (Lipinski definition) is 3. The van der Waals surface area contributed by atoms with E-state index in [1.54, 1.807) is 6.08 Å². The highest BCUT2D eigenvalue weighted by Crippen LogP contribution is 2.22. The average Bonchev–Trinajstić information content (AvgIpc) is 2.56. The molecule has 0 saturated carbocycles. The van der Waals surface area contributed by atoms with Gasteiger partial charge < -0.3 is 4.74 Å². The van der Waals surface area contributed by atoms with Gasteiger partial charge in [-0.3, -0.25) is 0 Å². The van der Waals surface area contributed by atoms with Crippen molar-refractivity contribution in [2.24, 2.45) is 0 Å². The Hall–Kier alpha value is -2.94. The first kappa shape index (κ1) is 15.0. The van der Waals surface area contributed by atoms with Gasteiger partial charge in [-0.2, -0.15) is 0 Å². The van der Waals surface area contributed by atoms with Gasteiger partial charge in [0.2, 0.25) is 0 Å². The topological polar surface area (TPSA) is 39.2 Å². The van der Waals surface area contributed by atoms with E-state index in [9.17, 15) is 4.79 Å². The molecule has 3 nitrogen and oxygen atoms in total. The lowest BCUT2D eigenvalue weighted by Gasteiger charge is -2.08. The molecule has 0 aliphatic heterocycles.